The van der Waals surface area contributed by atoms with Crippen molar-refractivity contribution in [2.75, 3.05) is 39.3 Å². The molecule has 2 unspecified atom stereocenters. The summed E-state index contributed by atoms with van der Waals surface area (Å²) in [6, 6.07) is -0.613. The lowest BCUT2D eigenvalue weighted by atomic mass is 9.91. The lowest BCUT2D eigenvalue weighted by molar-refractivity contribution is -0.174. The van der Waals surface area contributed by atoms with Crippen molar-refractivity contribution in [3.05, 3.63) is 46.0 Å². The maximum atomic E-state index is 14.4. The Bertz CT molecular complexity index is 1190. The molecule has 6 rings (SSSR count). The van der Waals surface area contributed by atoms with Crippen molar-refractivity contribution in [3.8, 4) is 0 Å². The standard InChI is InChI=1S/C25H28F8N6O/c26-22(27)38-15(5-13-1-3-34-7-17(13)38)19(36-9-24(30,31)10-36)21(40)20(37-11-25(32,33)12-37)16-6-14-2-4-35-8-18(14)39(16)23(28)29/h5-6,19-20,22-23,34-35H,1-4,7-12H2. The van der Waals surface area contributed by atoms with Crippen LogP contribution in [-0.2, 0) is 30.7 Å². The first-order chi connectivity index (χ1) is 18.9. The van der Waals surface area contributed by atoms with Crippen LogP contribution in [0.15, 0.2) is 12.1 Å². The first-order valence-corrected chi connectivity index (χ1v) is 13.1. The number of nitrogens with one attached hydrogen (secondary N) is 2. The van der Waals surface area contributed by atoms with Gasteiger partial charge >= 0.3 is 13.1 Å². The second-order valence-electron chi connectivity index (χ2n) is 11.0. The van der Waals surface area contributed by atoms with Crippen LogP contribution in [0.1, 0.15) is 59.1 Å². The van der Waals surface area contributed by atoms with Crippen molar-refractivity contribution in [2.24, 2.45) is 0 Å². The molecule has 2 N–H and O–H groups in total. The van der Waals surface area contributed by atoms with E-state index in [9.17, 15) is 39.9 Å². The fraction of sp³-hybridized carbons (Fsp3) is 0.640. The predicted octanol–water partition coefficient (Wildman–Crippen LogP) is 3.62. The maximum Gasteiger partial charge on any atom is 0.319 e. The molecule has 40 heavy (non-hydrogen) atoms. The SMILES string of the molecule is O=C(C(c1cc2c(n1C(F)F)CNCC2)N1CC(F)(F)C1)C(c1cc2c(n1C(F)F)CNCC2)N1CC(F)(F)C1. The first-order valence-electron chi connectivity index (χ1n) is 13.1. The van der Waals surface area contributed by atoms with Gasteiger partial charge in [0.15, 0.2) is 5.78 Å². The fourth-order valence-corrected chi connectivity index (χ4v) is 6.49. The quantitative estimate of drug-likeness (QED) is 0.468. The average molecular weight is 581 g/mol. The molecule has 4 aliphatic rings. The Balaban J connectivity index is 1.49. The van der Waals surface area contributed by atoms with Crippen molar-refractivity contribution in [2.45, 2.75) is 63.0 Å². The number of alkyl halides is 8. The lowest BCUT2D eigenvalue weighted by Crippen LogP contribution is -2.62. The number of rotatable bonds is 8. The van der Waals surface area contributed by atoms with Crippen LogP contribution in [0.5, 0.6) is 0 Å². The molecule has 0 radical (unpaired) electrons. The summed E-state index contributed by atoms with van der Waals surface area (Å²) < 4.78 is 115. The number of hydrogen-bond acceptors (Lipinski definition) is 5. The van der Waals surface area contributed by atoms with Gasteiger partial charge in [0, 0.05) is 35.9 Å². The number of likely N-dealkylation sites (tertiary alicyclic amines) is 2. The Hall–Kier alpha value is -2.49. The highest BCUT2D eigenvalue weighted by Gasteiger charge is 2.55. The van der Waals surface area contributed by atoms with E-state index in [0.29, 0.717) is 46.2 Å². The highest BCUT2D eigenvalue weighted by Crippen LogP contribution is 2.45. The summed E-state index contributed by atoms with van der Waals surface area (Å²) in [5.41, 5.74) is 0.940. The van der Waals surface area contributed by atoms with Crippen LogP contribution >= 0.6 is 0 Å². The van der Waals surface area contributed by atoms with Crippen LogP contribution in [0, 0.1) is 0 Å². The molecular weight excluding hydrogens is 552 g/mol. The van der Waals surface area contributed by atoms with Crippen molar-refractivity contribution < 1.29 is 39.9 Å². The summed E-state index contributed by atoms with van der Waals surface area (Å²) >= 11 is 0. The van der Waals surface area contributed by atoms with Crippen LogP contribution in [0.3, 0.4) is 0 Å². The molecule has 0 spiro atoms. The molecule has 0 aliphatic carbocycles. The summed E-state index contributed by atoms with van der Waals surface area (Å²) in [6.45, 7) is -8.82. The van der Waals surface area contributed by atoms with Crippen molar-refractivity contribution in [3.63, 3.8) is 0 Å². The number of carbonyl (C=O) groups is 1. The smallest absolute Gasteiger partial charge is 0.311 e. The molecule has 2 atom stereocenters. The van der Waals surface area contributed by atoms with Gasteiger partial charge in [-0.15, -0.1) is 0 Å². The number of hydrogen-bond donors (Lipinski definition) is 2. The monoisotopic (exact) mass is 580 g/mol. The summed E-state index contributed by atoms with van der Waals surface area (Å²) in [5.74, 6) is -7.34. The molecule has 0 aromatic carbocycles. The van der Waals surface area contributed by atoms with E-state index in [0.717, 1.165) is 9.80 Å². The minimum Gasteiger partial charge on any atom is -0.311 e. The molecular formula is C25H28F8N6O. The van der Waals surface area contributed by atoms with Gasteiger partial charge in [0.2, 0.25) is 0 Å². The van der Waals surface area contributed by atoms with Gasteiger partial charge in [0.25, 0.3) is 11.8 Å². The second-order valence-corrected chi connectivity index (χ2v) is 11.0. The van der Waals surface area contributed by atoms with Crippen LogP contribution < -0.4 is 10.6 Å². The first kappa shape index (κ1) is 27.7. The highest BCUT2D eigenvalue weighted by atomic mass is 19.3. The van der Waals surface area contributed by atoms with E-state index < -0.39 is 69.0 Å². The number of aromatic nitrogens is 2. The Morgan fingerprint density at radius 3 is 1.40 bits per heavy atom. The van der Waals surface area contributed by atoms with E-state index in [1.54, 1.807) is 0 Å². The predicted molar refractivity (Wildman–Crippen MR) is 126 cm³/mol. The van der Waals surface area contributed by atoms with E-state index in [1.807, 2.05) is 0 Å². The Kier molecular flexibility index (Phi) is 6.78. The number of carbonyl (C=O) groups excluding carboxylic acids is 1. The van der Waals surface area contributed by atoms with Crippen LogP contribution in [-0.4, -0.2) is 75.8 Å². The number of fused-ring (bicyclic) bond motifs is 2. The third-order valence-corrected chi connectivity index (χ3v) is 8.21. The zero-order valence-corrected chi connectivity index (χ0v) is 21.3. The van der Waals surface area contributed by atoms with E-state index in [2.05, 4.69) is 10.6 Å². The van der Waals surface area contributed by atoms with Gasteiger partial charge in [-0.1, -0.05) is 0 Å². The minimum absolute atomic E-state index is 0.0620. The number of halogens is 8. The molecule has 15 heteroatoms. The molecule has 7 nitrogen and oxygen atoms in total. The van der Waals surface area contributed by atoms with Crippen molar-refractivity contribution >= 4 is 5.78 Å². The van der Waals surface area contributed by atoms with Gasteiger partial charge in [0.05, 0.1) is 26.2 Å². The fourth-order valence-electron chi connectivity index (χ4n) is 6.49. The van der Waals surface area contributed by atoms with Gasteiger partial charge in [0.1, 0.15) is 12.1 Å². The average Bonchev–Trinajstić information content (AvgIpc) is 3.41. The van der Waals surface area contributed by atoms with E-state index in [-0.39, 0.29) is 35.9 Å². The van der Waals surface area contributed by atoms with E-state index >= 15 is 0 Å². The largest absolute Gasteiger partial charge is 0.319 e. The normalized spacial score (nSPS) is 23.9. The zero-order chi connectivity index (χ0) is 28.6. The molecule has 6 heterocycles. The Morgan fingerprint density at radius 2 is 1.07 bits per heavy atom. The Morgan fingerprint density at radius 1 is 0.700 bits per heavy atom. The van der Waals surface area contributed by atoms with Gasteiger partial charge in [-0.05, 0) is 49.2 Å². The summed E-state index contributed by atoms with van der Waals surface area (Å²) in [5, 5.41) is 5.95. The molecule has 0 saturated carbocycles. The number of ketones is 1. The summed E-state index contributed by atoms with van der Waals surface area (Å²) in [4.78, 5) is 16.4. The number of Topliss-reactive ketones (excluding diaryl/α,β-unsaturated/α-hetero) is 1. The van der Waals surface area contributed by atoms with Crippen molar-refractivity contribution in [1.82, 2.24) is 29.6 Å². The molecule has 2 fully saturated rings. The summed E-state index contributed by atoms with van der Waals surface area (Å²) in [6.07, 6.45) is 0.712. The molecule has 2 aromatic rings. The zero-order valence-electron chi connectivity index (χ0n) is 21.3. The molecule has 220 valence electrons. The third-order valence-electron chi connectivity index (χ3n) is 8.21. The summed E-state index contributed by atoms with van der Waals surface area (Å²) in [7, 11) is 0. The van der Waals surface area contributed by atoms with Gasteiger partial charge in [-0.2, -0.15) is 17.6 Å². The molecule has 2 aromatic heterocycles. The van der Waals surface area contributed by atoms with Crippen molar-refractivity contribution in [1.29, 1.82) is 0 Å². The van der Waals surface area contributed by atoms with E-state index in [1.165, 1.54) is 12.1 Å². The van der Waals surface area contributed by atoms with Crippen LogP contribution in [0.2, 0.25) is 0 Å². The number of nitrogens with zero attached hydrogens (tertiary/aromatic N) is 4. The third kappa shape index (κ3) is 4.64. The Labute approximate surface area is 224 Å². The molecule has 2 saturated heterocycles. The topological polar surface area (TPSA) is 57.5 Å². The van der Waals surface area contributed by atoms with Crippen LogP contribution in [0.4, 0.5) is 35.1 Å². The lowest BCUT2D eigenvalue weighted by Gasteiger charge is -2.47. The van der Waals surface area contributed by atoms with Gasteiger partial charge in [-0.3, -0.25) is 23.7 Å². The molecule has 0 amide bonds. The second kappa shape index (κ2) is 9.81. The molecule has 4 aliphatic heterocycles. The maximum absolute atomic E-state index is 14.4. The molecule has 0 bridgehead atoms. The van der Waals surface area contributed by atoms with Gasteiger partial charge in [-0.25, -0.2) is 17.6 Å². The van der Waals surface area contributed by atoms with E-state index in [4.69, 9.17) is 0 Å². The minimum atomic E-state index is -3.19. The highest BCUT2D eigenvalue weighted by molar-refractivity contribution is 5.91. The van der Waals surface area contributed by atoms with Gasteiger partial charge < -0.3 is 10.6 Å². The van der Waals surface area contributed by atoms with Crippen LogP contribution in [0.25, 0.3) is 0 Å².